The summed E-state index contributed by atoms with van der Waals surface area (Å²) in [5, 5.41) is 5.44. The molecular formula is C13H23N3O3S. The van der Waals surface area contributed by atoms with E-state index in [2.05, 4.69) is 17.6 Å². The lowest BCUT2D eigenvalue weighted by molar-refractivity contribution is -0.132. The van der Waals surface area contributed by atoms with Gasteiger partial charge in [-0.25, -0.2) is 0 Å². The lowest BCUT2D eigenvalue weighted by Crippen LogP contribution is -2.56. The summed E-state index contributed by atoms with van der Waals surface area (Å²) in [6, 6.07) is 0. The van der Waals surface area contributed by atoms with Crippen LogP contribution < -0.4 is 16.4 Å². The Labute approximate surface area is 124 Å². The molecule has 0 atom stereocenters. The summed E-state index contributed by atoms with van der Waals surface area (Å²) in [5.74, 6) is 0.182. The van der Waals surface area contributed by atoms with Crippen molar-refractivity contribution < 1.29 is 14.3 Å². The fourth-order valence-electron chi connectivity index (χ4n) is 2.47. The molecule has 7 heteroatoms. The van der Waals surface area contributed by atoms with Crippen molar-refractivity contribution in [2.45, 2.75) is 26.2 Å². The number of carbonyl (C=O) groups excluding carboxylic acids is 2. The molecule has 1 fully saturated rings. The Kier molecular flexibility index (Phi) is 6.35. The number of hydrogen-bond acceptors (Lipinski definition) is 4. The van der Waals surface area contributed by atoms with Gasteiger partial charge in [0.25, 0.3) is 0 Å². The summed E-state index contributed by atoms with van der Waals surface area (Å²) in [6.07, 6.45) is 1.61. The monoisotopic (exact) mass is 301 g/mol. The van der Waals surface area contributed by atoms with Gasteiger partial charge in [0.15, 0.2) is 0 Å². The molecule has 20 heavy (non-hydrogen) atoms. The summed E-state index contributed by atoms with van der Waals surface area (Å²) >= 11 is 5.01. The number of nitrogens with one attached hydrogen (secondary N) is 2. The van der Waals surface area contributed by atoms with Crippen LogP contribution in [0.4, 0.5) is 0 Å². The quantitative estimate of drug-likeness (QED) is 0.432. The van der Waals surface area contributed by atoms with Crippen molar-refractivity contribution in [3.05, 3.63) is 0 Å². The van der Waals surface area contributed by atoms with Crippen molar-refractivity contribution in [1.82, 2.24) is 10.6 Å². The third-order valence-corrected chi connectivity index (χ3v) is 3.96. The molecule has 0 heterocycles. The van der Waals surface area contributed by atoms with E-state index in [0.717, 1.165) is 0 Å². The molecule has 6 nitrogen and oxygen atoms in total. The van der Waals surface area contributed by atoms with Crippen molar-refractivity contribution in [1.29, 1.82) is 0 Å². The minimum absolute atomic E-state index is 0.117. The highest BCUT2D eigenvalue weighted by molar-refractivity contribution is 7.80. The van der Waals surface area contributed by atoms with Crippen LogP contribution in [-0.4, -0.2) is 43.6 Å². The topological polar surface area (TPSA) is 93.5 Å². The Morgan fingerprint density at radius 3 is 2.50 bits per heavy atom. The molecule has 114 valence electrons. The van der Waals surface area contributed by atoms with Crippen LogP contribution in [0.15, 0.2) is 0 Å². The zero-order valence-corrected chi connectivity index (χ0v) is 12.8. The van der Waals surface area contributed by atoms with Crippen molar-refractivity contribution in [3.8, 4) is 0 Å². The first kappa shape index (κ1) is 16.8. The highest BCUT2D eigenvalue weighted by Gasteiger charge is 2.50. The molecule has 1 aliphatic rings. The highest BCUT2D eigenvalue weighted by Crippen LogP contribution is 2.45. The molecule has 0 aromatic rings. The molecular weight excluding hydrogens is 278 g/mol. The molecule has 0 aromatic carbocycles. The number of amides is 2. The van der Waals surface area contributed by atoms with Crippen LogP contribution in [0, 0.1) is 11.3 Å². The first-order valence-corrected chi connectivity index (χ1v) is 7.17. The van der Waals surface area contributed by atoms with E-state index in [1.54, 1.807) is 7.11 Å². The van der Waals surface area contributed by atoms with E-state index >= 15 is 0 Å². The van der Waals surface area contributed by atoms with Crippen LogP contribution >= 0.6 is 12.2 Å². The van der Waals surface area contributed by atoms with Gasteiger partial charge >= 0.3 is 0 Å². The minimum atomic E-state index is -0.707. The Hall–Kier alpha value is -1.21. The molecule has 4 N–H and O–H groups in total. The van der Waals surface area contributed by atoms with Gasteiger partial charge in [0.2, 0.25) is 11.8 Å². The number of hydrogen-bond donors (Lipinski definition) is 3. The standard InChI is InChI=1S/C13H23N3O3S/c1-9-7-13(8-9,11(14)20)12(18)16-4-3-10(17)15-5-6-19-2/h9H,3-8H2,1-2H3,(H2,14,20)(H,15,17)(H,16,18). The van der Waals surface area contributed by atoms with Gasteiger partial charge in [-0.1, -0.05) is 19.1 Å². The third kappa shape index (κ3) is 4.14. The predicted molar refractivity (Wildman–Crippen MR) is 80.1 cm³/mol. The predicted octanol–water partition coefficient (Wildman–Crippen LogP) is -0.0423. The maximum Gasteiger partial charge on any atom is 0.233 e. The molecule has 0 aliphatic heterocycles. The molecule has 0 bridgehead atoms. The highest BCUT2D eigenvalue weighted by atomic mass is 32.1. The first-order chi connectivity index (χ1) is 9.42. The molecule has 2 amide bonds. The molecule has 0 unspecified atom stereocenters. The Morgan fingerprint density at radius 2 is 2.00 bits per heavy atom. The number of nitrogens with two attached hydrogens (primary N) is 1. The fourth-order valence-corrected chi connectivity index (χ4v) is 2.73. The van der Waals surface area contributed by atoms with Gasteiger partial charge in [0.1, 0.15) is 0 Å². The van der Waals surface area contributed by atoms with Crippen LogP contribution in [0.5, 0.6) is 0 Å². The summed E-state index contributed by atoms with van der Waals surface area (Å²) < 4.78 is 4.83. The van der Waals surface area contributed by atoms with E-state index in [9.17, 15) is 9.59 Å². The lowest BCUT2D eigenvalue weighted by atomic mass is 9.62. The van der Waals surface area contributed by atoms with Gasteiger partial charge in [0.05, 0.1) is 17.0 Å². The number of carbonyl (C=O) groups is 2. The number of thiocarbonyl (C=S) groups is 1. The van der Waals surface area contributed by atoms with Gasteiger partial charge in [-0.2, -0.15) is 0 Å². The Balaban J connectivity index is 2.29. The molecule has 1 rings (SSSR count). The number of methoxy groups -OCH3 is 1. The van der Waals surface area contributed by atoms with E-state index in [-0.39, 0.29) is 29.8 Å². The number of ether oxygens (including phenoxy) is 1. The second kappa shape index (κ2) is 7.54. The average molecular weight is 301 g/mol. The van der Waals surface area contributed by atoms with E-state index in [1.165, 1.54) is 0 Å². The van der Waals surface area contributed by atoms with Gasteiger partial charge in [-0.05, 0) is 18.8 Å². The average Bonchev–Trinajstić information content (AvgIpc) is 2.34. The second-order valence-electron chi connectivity index (χ2n) is 5.31. The summed E-state index contributed by atoms with van der Waals surface area (Å²) in [7, 11) is 1.57. The van der Waals surface area contributed by atoms with E-state index < -0.39 is 5.41 Å². The van der Waals surface area contributed by atoms with Crippen LogP contribution in [0.2, 0.25) is 0 Å². The van der Waals surface area contributed by atoms with Gasteiger partial charge in [-0.15, -0.1) is 0 Å². The van der Waals surface area contributed by atoms with E-state index in [4.69, 9.17) is 22.7 Å². The summed E-state index contributed by atoms with van der Waals surface area (Å²) in [6.45, 7) is 3.29. The third-order valence-electron chi connectivity index (χ3n) is 3.57. The largest absolute Gasteiger partial charge is 0.392 e. The van der Waals surface area contributed by atoms with Gasteiger partial charge < -0.3 is 21.1 Å². The van der Waals surface area contributed by atoms with Crippen LogP contribution in [0.3, 0.4) is 0 Å². The minimum Gasteiger partial charge on any atom is -0.392 e. The molecule has 1 aliphatic carbocycles. The number of rotatable bonds is 8. The fraction of sp³-hybridized carbons (Fsp3) is 0.769. The second-order valence-corrected chi connectivity index (χ2v) is 5.75. The maximum atomic E-state index is 12.1. The zero-order chi connectivity index (χ0) is 15.2. The Morgan fingerprint density at radius 1 is 1.35 bits per heavy atom. The SMILES string of the molecule is COCCNC(=O)CCNC(=O)C1(C(N)=S)CC(C)C1. The normalized spacial score (nSPS) is 24.6. The van der Waals surface area contributed by atoms with E-state index in [1.807, 2.05) is 0 Å². The van der Waals surface area contributed by atoms with Crippen molar-refractivity contribution in [2.75, 3.05) is 26.8 Å². The first-order valence-electron chi connectivity index (χ1n) is 6.76. The molecule has 0 saturated heterocycles. The molecule has 0 aromatic heterocycles. The van der Waals surface area contributed by atoms with Gasteiger partial charge in [-0.3, -0.25) is 9.59 Å². The van der Waals surface area contributed by atoms with Crippen LogP contribution in [0.25, 0.3) is 0 Å². The maximum absolute atomic E-state index is 12.1. The van der Waals surface area contributed by atoms with E-state index in [0.29, 0.717) is 31.9 Å². The summed E-state index contributed by atoms with van der Waals surface area (Å²) in [4.78, 5) is 23.8. The Bertz CT molecular complexity index is 381. The van der Waals surface area contributed by atoms with Crippen LogP contribution in [-0.2, 0) is 14.3 Å². The van der Waals surface area contributed by atoms with Crippen molar-refractivity contribution in [2.24, 2.45) is 17.1 Å². The molecule has 0 spiro atoms. The van der Waals surface area contributed by atoms with Crippen LogP contribution in [0.1, 0.15) is 26.2 Å². The molecule has 1 saturated carbocycles. The zero-order valence-electron chi connectivity index (χ0n) is 12.0. The smallest absolute Gasteiger partial charge is 0.233 e. The molecule has 0 radical (unpaired) electrons. The lowest BCUT2D eigenvalue weighted by Gasteiger charge is -2.44. The van der Waals surface area contributed by atoms with Gasteiger partial charge in [0, 0.05) is 26.6 Å². The van der Waals surface area contributed by atoms with Crippen molar-refractivity contribution >= 4 is 29.0 Å². The summed E-state index contributed by atoms with van der Waals surface area (Å²) in [5.41, 5.74) is 4.98. The van der Waals surface area contributed by atoms with Crippen molar-refractivity contribution in [3.63, 3.8) is 0 Å².